The van der Waals surface area contributed by atoms with Gasteiger partial charge in [0.2, 0.25) is 0 Å². The SMILES string of the molecule is CC1CS(=O)(=O)CCN1CCCCC(C)(C)C(=O)O. The van der Waals surface area contributed by atoms with E-state index in [9.17, 15) is 13.2 Å². The van der Waals surface area contributed by atoms with Crippen LogP contribution in [0.15, 0.2) is 0 Å². The van der Waals surface area contributed by atoms with Crippen molar-refractivity contribution in [1.82, 2.24) is 4.90 Å². The molecule has 0 aromatic carbocycles. The highest BCUT2D eigenvalue weighted by Gasteiger charge is 2.29. The van der Waals surface area contributed by atoms with Gasteiger partial charge in [0, 0.05) is 12.6 Å². The number of carbonyl (C=O) groups is 1. The van der Waals surface area contributed by atoms with Gasteiger partial charge in [-0.3, -0.25) is 9.69 Å². The Hall–Kier alpha value is -0.620. The molecule has 1 saturated heterocycles. The molecule has 0 amide bonds. The summed E-state index contributed by atoms with van der Waals surface area (Å²) < 4.78 is 22.9. The zero-order valence-electron chi connectivity index (χ0n) is 12.1. The molecule has 0 bridgehead atoms. The molecule has 112 valence electrons. The third-order valence-corrected chi connectivity index (χ3v) is 5.68. The van der Waals surface area contributed by atoms with Crippen LogP contribution in [0.2, 0.25) is 0 Å². The summed E-state index contributed by atoms with van der Waals surface area (Å²) in [6.07, 6.45) is 2.43. The summed E-state index contributed by atoms with van der Waals surface area (Å²) in [6, 6.07) is 0.0752. The van der Waals surface area contributed by atoms with Crippen LogP contribution in [0.4, 0.5) is 0 Å². The van der Waals surface area contributed by atoms with Crippen molar-refractivity contribution in [3.8, 4) is 0 Å². The van der Waals surface area contributed by atoms with Gasteiger partial charge in [0.1, 0.15) is 0 Å². The van der Waals surface area contributed by atoms with Crippen molar-refractivity contribution in [3.63, 3.8) is 0 Å². The van der Waals surface area contributed by atoms with Gasteiger partial charge in [0.25, 0.3) is 0 Å². The molecule has 1 rings (SSSR count). The fraction of sp³-hybridized carbons (Fsp3) is 0.923. The molecule has 1 N–H and O–H groups in total. The molecule has 5 nitrogen and oxygen atoms in total. The molecule has 6 heteroatoms. The maximum Gasteiger partial charge on any atom is 0.309 e. The van der Waals surface area contributed by atoms with E-state index >= 15 is 0 Å². The third kappa shape index (κ3) is 5.10. The second-order valence-electron chi connectivity index (χ2n) is 6.15. The summed E-state index contributed by atoms with van der Waals surface area (Å²) in [5.41, 5.74) is -0.670. The normalized spacial score (nSPS) is 24.3. The number of aliphatic carboxylic acids is 1. The van der Waals surface area contributed by atoms with Gasteiger partial charge in [0.05, 0.1) is 16.9 Å². The Morgan fingerprint density at radius 2 is 2.00 bits per heavy atom. The quantitative estimate of drug-likeness (QED) is 0.748. The minimum atomic E-state index is -2.85. The summed E-state index contributed by atoms with van der Waals surface area (Å²) in [4.78, 5) is 13.2. The Kier molecular flexibility index (Phi) is 5.38. The van der Waals surface area contributed by atoms with E-state index in [0.717, 1.165) is 19.4 Å². The second kappa shape index (κ2) is 6.22. The Labute approximate surface area is 115 Å². The van der Waals surface area contributed by atoms with E-state index in [1.54, 1.807) is 13.8 Å². The standard InChI is InChI=1S/C13H25NO4S/c1-11-10-19(17,18)9-8-14(11)7-5-4-6-13(2,3)12(15)16/h11H,4-10H2,1-3H3,(H,15,16). The number of nitrogens with zero attached hydrogens (tertiary/aromatic N) is 1. The Morgan fingerprint density at radius 1 is 1.37 bits per heavy atom. The molecule has 0 aromatic rings. The van der Waals surface area contributed by atoms with Crippen LogP contribution >= 0.6 is 0 Å². The summed E-state index contributed by atoms with van der Waals surface area (Å²) in [5.74, 6) is -0.268. The minimum absolute atomic E-state index is 0.0752. The number of carboxylic acids is 1. The number of hydrogen-bond donors (Lipinski definition) is 1. The Bertz CT molecular complexity index is 416. The van der Waals surface area contributed by atoms with Gasteiger partial charge in [-0.15, -0.1) is 0 Å². The highest BCUT2D eigenvalue weighted by molar-refractivity contribution is 7.91. The van der Waals surface area contributed by atoms with E-state index < -0.39 is 21.2 Å². The first-order valence-corrected chi connectivity index (χ1v) is 8.64. The van der Waals surface area contributed by atoms with Gasteiger partial charge in [-0.25, -0.2) is 8.42 Å². The maximum absolute atomic E-state index is 11.5. The molecule has 1 aliphatic heterocycles. The van der Waals surface area contributed by atoms with Crippen molar-refractivity contribution in [2.75, 3.05) is 24.6 Å². The monoisotopic (exact) mass is 291 g/mol. The largest absolute Gasteiger partial charge is 0.481 e. The number of sulfone groups is 1. The van der Waals surface area contributed by atoms with Crippen molar-refractivity contribution in [3.05, 3.63) is 0 Å². The summed E-state index contributed by atoms with van der Waals surface area (Å²) in [5, 5.41) is 9.01. The molecular weight excluding hydrogens is 266 g/mol. The van der Waals surface area contributed by atoms with Crippen LogP contribution in [0.3, 0.4) is 0 Å². The third-order valence-electron chi connectivity index (χ3n) is 3.88. The van der Waals surface area contributed by atoms with E-state index in [2.05, 4.69) is 4.90 Å². The fourth-order valence-corrected chi connectivity index (χ4v) is 3.98. The maximum atomic E-state index is 11.5. The smallest absolute Gasteiger partial charge is 0.309 e. The van der Waals surface area contributed by atoms with Crippen molar-refractivity contribution in [1.29, 1.82) is 0 Å². The molecule has 1 atom stereocenters. The first kappa shape index (κ1) is 16.4. The summed E-state index contributed by atoms with van der Waals surface area (Å²) >= 11 is 0. The number of unbranched alkanes of at least 4 members (excludes halogenated alkanes) is 1. The Morgan fingerprint density at radius 3 is 2.53 bits per heavy atom. The molecule has 1 heterocycles. The van der Waals surface area contributed by atoms with Crippen LogP contribution in [0.1, 0.15) is 40.0 Å². The number of hydrogen-bond acceptors (Lipinski definition) is 4. The molecule has 19 heavy (non-hydrogen) atoms. The van der Waals surface area contributed by atoms with Crippen LogP contribution in [-0.2, 0) is 14.6 Å². The van der Waals surface area contributed by atoms with Crippen LogP contribution < -0.4 is 0 Å². The van der Waals surface area contributed by atoms with E-state index in [1.165, 1.54) is 0 Å². The first-order chi connectivity index (χ1) is 8.64. The average molecular weight is 291 g/mol. The van der Waals surface area contributed by atoms with Gasteiger partial charge < -0.3 is 5.11 Å². The lowest BCUT2D eigenvalue weighted by molar-refractivity contribution is -0.147. The zero-order chi connectivity index (χ0) is 14.7. The predicted molar refractivity (Wildman–Crippen MR) is 75.0 cm³/mol. The lowest BCUT2D eigenvalue weighted by Gasteiger charge is -2.33. The van der Waals surface area contributed by atoms with Gasteiger partial charge in [-0.1, -0.05) is 6.42 Å². The average Bonchev–Trinajstić information content (AvgIpc) is 2.25. The van der Waals surface area contributed by atoms with Gasteiger partial charge in [-0.2, -0.15) is 0 Å². The number of carboxylic acid groups (broad SMARTS) is 1. The molecule has 0 aromatic heterocycles. The van der Waals surface area contributed by atoms with Crippen LogP contribution in [0.5, 0.6) is 0 Å². The van der Waals surface area contributed by atoms with Crippen molar-refractivity contribution in [2.45, 2.75) is 46.1 Å². The lowest BCUT2D eigenvalue weighted by atomic mass is 9.87. The highest BCUT2D eigenvalue weighted by atomic mass is 32.2. The van der Waals surface area contributed by atoms with Crippen LogP contribution in [-0.4, -0.2) is 55.0 Å². The van der Waals surface area contributed by atoms with Gasteiger partial charge in [0.15, 0.2) is 9.84 Å². The summed E-state index contributed by atoms with van der Waals surface area (Å²) in [6.45, 7) is 6.88. The number of rotatable bonds is 6. The first-order valence-electron chi connectivity index (χ1n) is 6.82. The minimum Gasteiger partial charge on any atom is -0.481 e. The molecule has 1 fully saturated rings. The topological polar surface area (TPSA) is 74.7 Å². The molecule has 0 spiro atoms. The van der Waals surface area contributed by atoms with Crippen molar-refractivity contribution >= 4 is 15.8 Å². The Balaban J connectivity index is 2.29. The predicted octanol–water partition coefficient (Wildman–Crippen LogP) is 1.39. The molecule has 1 aliphatic rings. The fourth-order valence-electron chi connectivity index (χ4n) is 2.35. The van der Waals surface area contributed by atoms with Crippen molar-refractivity contribution < 1.29 is 18.3 Å². The van der Waals surface area contributed by atoms with Crippen molar-refractivity contribution in [2.24, 2.45) is 5.41 Å². The van der Waals surface area contributed by atoms with E-state index in [4.69, 9.17) is 5.11 Å². The second-order valence-corrected chi connectivity index (χ2v) is 8.37. The molecule has 0 aliphatic carbocycles. The zero-order valence-corrected chi connectivity index (χ0v) is 12.9. The molecule has 1 unspecified atom stereocenters. The molecule has 0 radical (unpaired) electrons. The van der Waals surface area contributed by atoms with Gasteiger partial charge in [-0.05, 0) is 40.2 Å². The van der Waals surface area contributed by atoms with Crippen LogP contribution in [0, 0.1) is 5.41 Å². The van der Waals surface area contributed by atoms with E-state index in [0.29, 0.717) is 13.0 Å². The molecule has 0 saturated carbocycles. The van der Waals surface area contributed by atoms with E-state index in [1.807, 2.05) is 6.92 Å². The molecular formula is C13H25NO4S. The van der Waals surface area contributed by atoms with Gasteiger partial charge >= 0.3 is 5.97 Å². The van der Waals surface area contributed by atoms with E-state index in [-0.39, 0.29) is 17.5 Å². The van der Waals surface area contributed by atoms with Crippen LogP contribution in [0.25, 0.3) is 0 Å². The lowest BCUT2D eigenvalue weighted by Crippen LogP contribution is -2.47. The highest BCUT2D eigenvalue weighted by Crippen LogP contribution is 2.23. The summed E-state index contributed by atoms with van der Waals surface area (Å²) in [7, 11) is -2.85.